The second-order valence-corrected chi connectivity index (χ2v) is 5.94. The molecule has 0 aliphatic heterocycles. The first-order valence-corrected chi connectivity index (χ1v) is 7.56. The van der Waals surface area contributed by atoms with Crippen LogP contribution >= 0.6 is 23.4 Å². The van der Waals surface area contributed by atoms with Crippen LogP contribution in [0.3, 0.4) is 0 Å². The van der Waals surface area contributed by atoms with Crippen molar-refractivity contribution in [2.75, 3.05) is 16.8 Å². The van der Waals surface area contributed by atoms with Gasteiger partial charge in [-0.1, -0.05) is 17.7 Å². The predicted octanol–water partition coefficient (Wildman–Crippen LogP) is 4.10. The van der Waals surface area contributed by atoms with E-state index in [0.717, 1.165) is 4.90 Å². The second-order valence-electron chi connectivity index (χ2n) is 4.48. The third-order valence-electron chi connectivity index (χ3n) is 2.79. The van der Waals surface area contributed by atoms with Crippen molar-refractivity contribution in [2.45, 2.75) is 11.8 Å². The van der Waals surface area contributed by atoms with Crippen LogP contribution in [0, 0.1) is 12.7 Å². The monoisotopic (exact) mass is 324 g/mol. The number of aryl methyl sites for hydroxylation is 1. The highest BCUT2D eigenvalue weighted by molar-refractivity contribution is 8.00. The molecule has 1 amide bonds. The van der Waals surface area contributed by atoms with E-state index in [1.54, 1.807) is 37.3 Å². The quantitative estimate of drug-likeness (QED) is 0.657. The first kappa shape index (κ1) is 15.7. The van der Waals surface area contributed by atoms with E-state index in [1.165, 1.54) is 17.8 Å². The maximum atomic E-state index is 13.4. The fourth-order valence-electron chi connectivity index (χ4n) is 1.64. The minimum Gasteiger partial charge on any atom is -0.398 e. The smallest absolute Gasteiger partial charge is 0.234 e. The Balaban J connectivity index is 1.95. The number of anilines is 2. The lowest BCUT2D eigenvalue weighted by atomic mass is 10.2. The van der Waals surface area contributed by atoms with E-state index in [-0.39, 0.29) is 17.5 Å². The van der Waals surface area contributed by atoms with E-state index >= 15 is 0 Å². The zero-order valence-electron chi connectivity index (χ0n) is 11.3. The Kier molecular flexibility index (Phi) is 5.09. The highest BCUT2D eigenvalue weighted by Crippen LogP contribution is 2.28. The number of carbonyl (C=O) groups is 1. The van der Waals surface area contributed by atoms with Gasteiger partial charge in [0.1, 0.15) is 5.82 Å². The van der Waals surface area contributed by atoms with Crippen molar-refractivity contribution in [1.29, 1.82) is 0 Å². The number of thioether (sulfide) groups is 1. The zero-order chi connectivity index (χ0) is 15.4. The van der Waals surface area contributed by atoms with Crippen molar-refractivity contribution in [3.63, 3.8) is 0 Å². The van der Waals surface area contributed by atoms with Crippen LogP contribution in [0.1, 0.15) is 5.56 Å². The molecule has 2 rings (SSSR count). The molecule has 110 valence electrons. The van der Waals surface area contributed by atoms with Crippen molar-refractivity contribution < 1.29 is 9.18 Å². The fraction of sp³-hybridized carbons (Fsp3) is 0.133. The van der Waals surface area contributed by atoms with Gasteiger partial charge in [-0.25, -0.2) is 4.39 Å². The standard InChI is InChI=1S/C15H14ClFN2OS/c1-9-2-4-11(7-12(9)17)19-15(20)8-21-14-6-10(16)3-5-13(14)18/h2-7H,8,18H2,1H3,(H,19,20). The molecule has 0 radical (unpaired) electrons. The molecular formula is C15H14ClFN2OS. The molecule has 0 bridgehead atoms. The summed E-state index contributed by atoms with van der Waals surface area (Å²) in [5.41, 5.74) is 7.34. The van der Waals surface area contributed by atoms with Gasteiger partial charge in [0, 0.05) is 21.3 Å². The van der Waals surface area contributed by atoms with Crippen molar-refractivity contribution in [1.82, 2.24) is 0 Å². The molecule has 0 heterocycles. The normalized spacial score (nSPS) is 10.4. The summed E-state index contributed by atoms with van der Waals surface area (Å²) in [5, 5.41) is 3.20. The predicted molar refractivity (Wildman–Crippen MR) is 86.4 cm³/mol. The summed E-state index contributed by atoms with van der Waals surface area (Å²) in [7, 11) is 0. The first-order chi connectivity index (χ1) is 9.95. The molecule has 6 heteroatoms. The summed E-state index contributed by atoms with van der Waals surface area (Å²) < 4.78 is 13.4. The largest absolute Gasteiger partial charge is 0.398 e. The average Bonchev–Trinajstić information content (AvgIpc) is 2.44. The average molecular weight is 325 g/mol. The molecule has 21 heavy (non-hydrogen) atoms. The van der Waals surface area contributed by atoms with Crippen molar-refractivity contribution in [3.8, 4) is 0 Å². The van der Waals surface area contributed by atoms with Gasteiger partial charge in [0.05, 0.1) is 5.75 Å². The summed E-state index contributed by atoms with van der Waals surface area (Å²) in [5.74, 6) is -0.415. The highest BCUT2D eigenvalue weighted by atomic mass is 35.5. The van der Waals surface area contributed by atoms with Gasteiger partial charge in [-0.2, -0.15) is 0 Å². The van der Waals surface area contributed by atoms with Gasteiger partial charge < -0.3 is 11.1 Å². The van der Waals surface area contributed by atoms with Gasteiger partial charge in [-0.15, -0.1) is 11.8 Å². The molecule has 0 spiro atoms. The summed E-state index contributed by atoms with van der Waals surface area (Å²) in [6.45, 7) is 1.67. The number of nitrogens with two attached hydrogens (primary N) is 1. The van der Waals surface area contributed by atoms with Crippen LogP contribution in [0.2, 0.25) is 5.02 Å². The minimum atomic E-state index is -0.348. The van der Waals surface area contributed by atoms with E-state index in [2.05, 4.69) is 5.32 Å². The Bertz CT molecular complexity index is 679. The Morgan fingerprint density at radius 3 is 2.81 bits per heavy atom. The van der Waals surface area contributed by atoms with Gasteiger partial charge in [-0.05, 0) is 42.8 Å². The van der Waals surface area contributed by atoms with Crippen LogP contribution in [-0.2, 0) is 4.79 Å². The Morgan fingerprint density at radius 2 is 2.10 bits per heavy atom. The number of rotatable bonds is 4. The first-order valence-electron chi connectivity index (χ1n) is 6.19. The van der Waals surface area contributed by atoms with E-state index in [4.69, 9.17) is 17.3 Å². The van der Waals surface area contributed by atoms with Gasteiger partial charge in [0.15, 0.2) is 0 Å². The number of hydrogen-bond acceptors (Lipinski definition) is 3. The number of nitrogens with one attached hydrogen (secondary N) is 1. The summed E-state index contributed by atoms with van der Waals surface area (Å²) in [4.78, 5) is 12.6. The molecule has 2 aromatic rings. The summed E-state index contributed by atoms with van der Waals surface area (Å²) >= 11 is 7.16. The summed E-state index contributed by atoms with van der Waals surface area (Å²) in [6, 6.07) is 9.67. The zero-order valence-corrected chi connectivity index (χ0v) is 12.9. The van der Waals surface area contributed by atoms with Gasteiger partial charge >= 0.3 is 0 Å². The van der Waals surface area contributed by atoms with E-state index in [0.29, 0.717) is 22.0 Å². The van der Waals surface area contributed by atoms with E-state index < -0.39 is 0 Å². The molecule has 0 aliphatic rings. The van der Waals surface area contributed by atoms with Crippen molar-refractivity contribution >= 4 is 40.6 Å². The molecule has 3 nitrogen and oxygen atoms in total. The lowest BCUT2D eigenvalue weighted by molar-refractivity contribution is -0.113. The van der Waals surface area contributed by atoms with Crippen LogP contribution in [-0.4, -0.2) is 11.7 Å². The number of carbonyl (C=O) groups excluding carboxylic acids is 1. The number of nitrogen functional groups attached to an aromatic ring is 1. The van der Waals surface area contributed by atoms with Crippen molar-refractivity contribution in [2.24, 2.45) is 0 Å². The van der Waals surface area contributed by atoms with Gasteiger partial charge in [0.2, 0.25) is 5.91 Å². The third-order valence-corrected chi connectivity index (χ3v) is 4.10. The topological polar surface area (TPSA) is 55.1 Å². The lowest BCUT2D eigenvalue weighted by Gasteiger charge is -2.08. The maximum absolute atomic E-state index is 13.4. The van der Waals surface area contributed by atoms with Crippen LogP contribution < -0.4 is 11.1 Å². The van der Waals surface area contributed by atoms with Crippen molar-refractivity contribution in [3.05, 3.63) is 52.8 Å². The highest BCUT2D eigenvalue weighted by Gasteiger charge is 2.07. The molecule has 0 saturated heterocycles. The molecule has 0 fully saturated rings. The minimum absolute atomic E-state index is 0.167. The number of hydrogen-bond donors (Lipinski definition) is 2. The van der Waals surface area contributed by atoms with E-state index in [1.807, 2.05) is 0 Å². The van der Waals surface area contributed by atoms with Gasteiger partial charge in [0.25, 0.3) is 0 Å². The molecule has 0 saturated carbocycles. The second kappa shape index (κ2) is 6.83. The van der Waals surface area contributed by atoms with E-state index in [9.17, 15) is 9.18 Å². The van der Waals surface area contributed by atoms with Gasteiger partial charge in [-0.3, -0.25) is 4.79 Å². The Hall–Kier alpha value is -1.72. The number of halogens is 2. The number of benzene rings is 2. The Labute approximate surface area is 131 Å². The summed E-state index contributed by atoms with van der Waals surface area (Å²) in [6.07, 6.45) is 0. The van der Waals surface area contributed by atoms with Crippen LogP contribution in [0.15, 0.2) is 41.3 Å². The molecule has 0 atom stereocenters. The number of amides is 1. The lowest BCUT2D eigenvalue weighted by Crippen LogP contribution is -2.14. The Morgan fingerprint density at radius 1 is 1.33 bits per heavy atom. The third kappa shape index (κ3) is 4.37. The van der Waals surface area contributed by atoms with Crippen LogP contribution in [0.25, 0.3) is 0 Å². The molecule has 3 N–H and O–H groups in total. The molecular weight excluding hydrogens is 311 g/mol. The SMILES string of the molecule is Cc1ccc(NC(=O)CSc2cc(Cl)ccc2N)cc1F. The maximum Gasteiger partial charge on any atom is 0.234 e. The molecule has 2 aromatic carbocycles. The molecule has 0 unspecified atom stereocenters. The van der Waals surface area contributed by atoms with Crippen LogP contribution in [0.5, 0.6) is 0 Å². The fourth-order valence-corrected chi connectivity index (χ4v) is 2.68. The van der Waals surface area contributed by atoms with Crippen LogP contribution in [0.4, 0.5) is 15.8 Å². The molecule has 0 aromatic heterocycles. The molecule has 0 aliphatic carbocycles.